The molecule has 2 rings (SSSR count). The highest BCUT2D eigenvalue weighted by molar-refractivity contribution is 7.99. The van der Waals surface area contributed by atoms with E-state index in [1.165, 1.54) is 18.6 Å². The minimum atomic E-state index is 0.439. The largest absolute Gasteiger partial charge is 0.339 e. The molecule has 1 fully saturated rings. The molecule has 0 bridgehead atoms. The molecule has 5 heteroatoms. The summed E-state index contributed by atoms with van der Waals surface area (Å²) in [5.41, 5.74) is 0. The predicted molar refractivity (Wildman–Crippen MR) is 79.4 cm³/mol. The van der Waals surface area contributed by atoms with Crippen molar-refractivity contribution in [2.75, 3.05) is 12.3 Å². The minimum absolute atomic E-state index is 0.439. The van der Waals surface area contributed by atoms with Gasteiger partial charge >= 0.3 is 0 Å². The van der Waals surface area contributed by atoms with E-state index >= 15 is 0 Å². The Morgan fingerprint density at radius 1 is 1.47 bits per heavy atom. The molecule has 0 saturated carbocycles. The van der Waals surface area contributed by atoms with Crippen molar-refractivity contribution in [3.8, 4) is 0 Å². The number of nitrogens with zero attached hydrogens (tertiary/aromatic N) is 2. The first kappa shape index (κ1) is 14.9. The first-order chi connectivity index (χ1) is 9.19. The van der Waals surface area contributed by atoms with Gasteiger partial charge in [-0.3, -0.25) is 0 Å². The normalized spacial score (nSPS) is 21.2. The van der Waals surface area contributed by atoms with E-state index in [1.807, 2.05) is 11.8 Å². The Hall–Kier alpha value is -0.550. The number of rotatable bonds is 7. The standard InChI is InChI=1S/C14H25N3OS/c1-4-15-11(8-10(2)3)9-13-16-14(17-18-13)12-6-5-7-19-12/h10-12,15H,4-9H2,1-3H3. The number of hydrogen-bond donors (Lipinski definition) is 1. The predicted octanol–water partition coefficient (Wildman–Crippen LogP) is 3.20. The topological polar surface area (TPSA) is 51.0 Å². The molecule has 0 aliphatic carbocycles. The van der Waals surface area contributed by atoms with Gasteiger partial charge in [0.15, 0.2) is 5.82 Å². The van der Waals surface area contributed by atoms with Crippen molar-refractivity contribution in [1.82, 2.24) is 15.5 Å². The van der Waals surface area contributed by atoms with Gasteiger partial charge in [-0.15, -0.1) is 0 Å². The van der Waals surface area contributed by atoms with Gasteiger partial charge in [0.05, 0.1) is 5.25 Å². The van der Waals surface area contributed by atoms with Crippen LogP contribution in [-0.4, -0.2) is 28.5 Å². The number of thioether (sulfide) groups is 1. The molecule has 4 nitrogen and oxygen atoms in total. The van der Waals surface area contributed by atoms with E-state index in [2.05, 4.69) is 36.2 Å². The first-order valence-corrected chi connectivity index (χ1v) is 8.41. The second-order valence-corrected chi connectivity index (χ2v) is 6.95. The maximum atomic E-state index is 5.42. The molecular weight excluding hydrogens is 258 g/mol. The van der Waals surface area contributed by atoms with E-state index < -0.39 is 0 Å². The fraction of sp³-hybridized carbons (Fsp3) is 0.857. The molecule has 1 aromatic heterocycles. The van der Waals surface area contributed by atoms with E-state index in [9.17, 15) is 0 Å². The summed E-state index contributed by atoms with van der Waals surface area (Å²) in [5, 5.41) is 8.12. The number of hydrogen-bond acceptors (Lipinski definition) is 5. The van der Waals surface area contributed by atoms with E-state index in [0.717, 1.165) is 31.1 Å². The number of likely N-dealkylation sites (N-methyl/N-ethyl adjacent to an activating group) is 1. The lowest BCUT2D eigenvalue weighted by molar-refractivity contribution is 0.337. The molecule has 2 unspecified atom stereocenters. The molecule has 2 heterocycles. The van der Waals surface area contributed by atoms with Crippen LogP contribution >= 0.6 is 11.8 Å². The van der Waals surface area contributed by atoms with Crippen LogP contribution in [-0.2, 0) is 6.42 Å². The van der Waals surface area contributed by atoms with Crippen molar-refractivity contribution in [3.63, 3.8) is 0 Å². The molecule has 0 radical (unpaired) electrons. The van der Waals surface area contributed by atoms with Crippen LogP contribution in [0.1, 0.15) is 57.0 Å². The fourth-order valence-corrected chi connectivity index (χ4v) is 3.77. The molecule has 108 valence electrons. The summed E-state index contributed by atoms with van der Waals surface area (Å²) in [7, 11) is 0. The van der Waals surface area contributed by atoms with Gasteiger partial charge < -0.3 is 9.84 Å². The number of nitrogens with one attached hydrogen (secondary N) is 1. The van der Waals surface area contributed by atoms with E-state index in [0.29, 0.717) is 17.2 Å². The van der Waals surface area contributed by atoms with Crippen molar-refractivity contribution in [2.24, 2.45) is 5.92 Å². The monoisotopic (exact) mass is 283 g/mol. The lowest BCUT2D eigenvalue weighted by atomic mass is 10.0. The van der Waals surface area contributed by atoms with Gasteiger partial charge in [0.2, 0.25) is 5.89 Å². The second-order valence-electron chi connectivity index (χ2n) is 5.64. The summed E-state index contributed by atoms with van der Waals surface area (Å²) in [4.78, 5) is 4.58. The molecule has 0 spiro atoms. The zero-order valence-electron chi connectivity index (χ0n) is 12.2. The fourth-order valence-electron chi connectivity index (χ4n) is 2.57. The van der Waals surface area contributed by atoms with Gasteiger partial charge in [0.25, 0.3) is 0 Å². The average Bonchev–Trinajstić information content (AvgIpc) is 2.97. The number of aromatic nitrogens is 2. The van der Waals surface area contributed by atoms with Crippen molar-refractivity contribution in [2.45, 2.75) is 57.7 Å². The molecule has 1 saturated heterocycles. The molecule has 2 atom stereocenters. The SMILES string of the molecule is CCNC(Cc1nc(C2CCCS2)no1)CC(C)C. The maximum Gasteiger partial charge on any atom is 0.228 e. The first-order valence-electron chi connectivity index (χ1n) is 7.36. The summed E-state index contributed by atoms with van der Waals surface area (Å²) >= 11 is 1.95. The summed E-state index contributed by atoms with van der Waals surface area (Å²) in [5.74, 6) is 3.59. The Labute approximate surface area is 120 Å². The minimum Gasteiger partial charge on any atom is -0.339 e. The third kappa shape index (κ3) is 4.49. The van der Waals surface area contributed by atoms with Crippen LogP contribution < -0.4 is 5.32 Å². The summed E-state index contributed by atoms with van der Waals surface area (Å²) in [6, 6.07) is 0.439. The summed E-state index contributed by atoms with van der Waals surface area (Å²) in [6.45, 7) is 7.62. The zero-order valence-corrected chi connectivity index (χ0v) is 13.0. The molecule has 1 aliphatic heterocycles. The molecule has 1 aliphatic rings. The van der Waals surface area contributed by atoms with Crippen LogP contribution in [0.4, 0.5) is 0 Å². The third-order valence-corrected chi connectivity index (χ3v) is 4.74. The smallest absolute Gasteiger partial charge is 0.228 e. The van der Waals surface area contributed by atoms with Crippen LogP contribution in [0.25, 0.3) is 0 Å². The molecular formula is C14H25N3OS. The van der Waals surface area contributed by atoms with Gasteiger partial charge in [-0.2, -0.15) is 16.7 Å². The van der Waals surface area contributed by atoms with Crippen LogP contribution in [0.3, 0.4) is 0 Å². The average molecular weight is 283 g/mol. The molecule has 0 aromatic carbocycles. The van der Waals surface area contributed by atoms with Gasteiger partial charge in [0.1, 0.15) is 0 Å². The molecule has 19 heavy (non-hydrogen) atoms. The van der Waals surface area contributed by atoms with E-state index in [1.54, 1.807) is 0 Å². The van der Waals surface area contributed by atoms with Gasteiger partial charge in [-0.25, -0.2) is 0 Å². The lowest BCUT2D eigenvalue weighted by Crippen LogP contribution is -2.32. The Morgan fingerprint density at radius 3 is 2.95 bits per heavy atom. The summed E-state index contributed by atoms with van der Waals surface area (Å²) < 4.78 is 5.42. The zero-order chi connectivity index (χ0) is 13.7. The van der Waals surface area contributed by atoms with E-state index in [-0.39, 0.29) is 0 Å². The van der Waals surface area contributed by atoms with Crippen molar-refractivity contribution >= 4 is 11.8 Å². The Bertz CT molecular complexity index is 375. The molecule has 1 aromatic rings. The van der Waals surface area contributed by atoms with E-state index in [4.69, 9.17) is 4.52 Å². The van der Waals surface area contributed by atoms with Crippen LogP contribution in [0.15, 0.2) is 4.52 Å². The van der Waals surface area contributed by atoms with Crippen LogP contribution in [0.2, 0.25) is 0 Å². The Kier molecular flexibility index (Phi) is 5.70. The van der Waals surface area contributed by atoms with Crippen molar-refractivity contribution in [3.05, 3.63) is 11.7 Å². The van der Waals surface area contributed by atoms with Gasteiger partial charge in [0, 0.05) is 12.5 Å². The Balaban J connectivity index is 1.92. The van der Waals surface area contributed by atoms with Gasteiger partial charge in [-0.05, 0) is 37.5 Å². The highest BCUT2D eigenvalue weighted by Gasteiger charge is 2.23. The quantitative estimate of drug-likeness (QED) is 0.832. The van der Waals surface area contributed by atoms with Crippen LogP contribution in [0, 0.1) is 5.92 Å². The maximum absolute atomic E-state index is 5.42. The third-order valence-electron chi connectivity index (χ3n) is 3.37. The van der Waals surface area contributed by atoms with Crippen molar-refractivity contribution < 1.29 is 4.52 Å². The lowest BCUT2D eigenvalue weighted by Gasteiger charge is -2.17. The summed E-state index contributed by atoms with van der Waals surface area (Å²) in [6.07, 6.45) is 4.44. The second kappa shape index (κ2) is 7.29. The van der Waals surface area contributed by atoms with Crippen LogP contribution in [0.5, 0.6) is 0 Å². The molecule has 0 amide bonds. The Morgan fingerprint density at radius 2 is 2.32 bits per heavy atom. The van der Waals surface area contributed by atoms with Crippen molar-refractivity contribution in [1.29, 1.82) is 0 Å². The van der Waals surface area contributed by atoms with Gasteiger partial charge in [-0.1, -0.05) is 25.9 Å². The highest BCUT2D eigenvalue weighted by atomic mass is 32.2. The highest BCUT2D eigenvalue weighted by Crippen LogP contribution is 2.38. The molecule has 1 N–H and O–H groups in total.